The van der Waals surface area contributed by atoms with Gasteiger partial charge in [0.2, 0.25) is 11.7 Å². The number of anilines is 1. The Labute approximate surface area is 171 Å². The van der Waals surface area contributed by atoms with Crippen LogP contribution in [0.15, 0.2) is 47.2 Å². The molecule has 0 radical (unpaired) electrons. The van der Waals surface area contributed by atoms with Crippen LogP contribution in [0.3, 0.4) is 0 Å². The maximum absolute atomic E-state index is 12.7. The molecular formula is C18H13F3N6O4. The van der Waals surface area contributed by atoms with Gasteiger partial charge in [0.25, 0.3) is 0 Å². The molecule has 4 aromatic heterocycles. The number of rotatable bonds is 5. The third kappa shape index (κ3) is 4.24. The van der Waals surface area contributed by atoms with E-state index in [9.17, 15) is 18.0 Å². The van der Waals surface area contributed by atoms with E-state index in [0.29, 0.717) is 22.6 Å². The SMILES string of the molecule is COc1ccc(COC(=O)Nc2ccc(-c3noc(C(F)(F)F)n3)n3nccc23)cn1. The maximum Gasteiger partial charge on any atom is 0.471 e. The molecule has 4 heterocycles. The first-order valence-corrected chi connectivity index (χ1v) is 8.66. The van der Waals surface area contributed by atoms with Gasteiger partial charge in [-0.25, -0.2) is 14.3 Å². The van der Waals surface area contributed by atoms with Crippen LogP contribution >= 0.6 is 0 Å². The Morgan fingerprint density at radius 3 is 2.74 bits per heavy atom. The zero-order chi connectivity index (χ0) is 22.0. The average Bonchev–Trinajstić information content (AvgIpc) is 3.43. The highest BCUT2D eigenvalue weighted by Gasteiger charge is 2.38. The second-order valence-corrected chi connectivity index (χ2v) is 6.09. The predicted molar refractivity (Wildman–Crippen MR) is 98.1 cm³/mol. The molecular weight excluding hydrogens is 421 g/mol. The lowest BCUT2D eigenvalue weighted by atomic mass is 10.2. The van der Waals surface area contributed by atoms with E-state index in [1.54, 1.807) is 18.2 Å². The standard InChI is InChI=1S/C18H13F3N6O4/c1-29-14-5-2-10(8-22-14)9-30-17(28)24-11-3-4-13(27-12(11)6-7-23-27)15-25-16(31-26-15)18(19,20)21/h2-8H,9H2,1H3,(H,24,28). The van der Waals surface area contributed by atoms with Gasteiger partial charge in [-0.1, -0.05) is 5.16 Å². The molecule has 0 aromatic carbocycles. The number of carbonyl (C=O) groups excluding carboxylic acids is 1. The Balaban J connectivity index is 1.50. The van der Waals surface area contributed by atoms with Gasteiger partial charge in [0, 0.05) is 17.8 Å². The van der Waals surface area contributed by atoms with Crippen molar-refractivity contribution in [3.8, 4) is 17.4 Å². The Bertz CT molecular complexity index is 1220. The number of nitrogens with zero attached hydrogens (tertiary/aromatic N) is 5. The lowest BCUT2D eigenvalue weighted by Crippen LogP contribution is -2.14. The molecule has 0 saturated carbocycles. The number of hydrogen-bond acceptors (Lipinski definition) is 8. The molecule has 4 rings (SSSR count). The minimum atomic E-state index is -4.76. The highest BCUT2D eigenvalue weighted by Crippen LogP contribution is 2.30. The number of amides is 1. The van der Waals surface area contributed by atoms with Gasteiger partial charge in [-0.05, 0) is 24.3 Å². The third-order valence-electron chi connectivity index (χ3n) is 4.07. The van der Waals surface area contributed by atoms with Crippen LogP contribution in [0.2, 0.25) is 0 Å². The molecule has 31 heavy (non-hydrogen) atoms. The summed E-state index contributed by atoms with van der Waals surface area (Å²) in [5.74, 6) is -1.34. The Morgan fingerprint density at radius 1 is 1.23 bits per heavy atom. The molecule has 10 nitrogen and oxygen atoms in total. The summed E-state index contributed by atoms with van der Waals surface area (Å²) in [6.07, 6.45) is -2.59. The highest BCUT2D eigenvalue weighted by atomic mass is 19.4. The molecule has 160 valence electrons. The minimum absolute atomic E-state index is 0.0282. The molecule has 1 amide bonds. The number of alkyl halides is 3. The van der Waals surface area contributed by atoms with E-state index in [4.69, 9.17) is 9.47 Å². The van der Waals surface area contributed by atoms with Crippen LogP contribution in [-0.2, 0) is 17.5 Å². The van der Waals surface area contributed by atoms with Gasteiger partial charge in [0.1, 0.15) is 12.3 Å². The lowest BCUT2D eigenvalue weighted by molar-refractivity contribution is -0.159. The molecule has 0 fully saturated rings. The van der Waals surface area contributed by atoms with Crippen LogP contribution in [0.4, 0.5) is 23.7 Å². The first-order valence-electron chi connectivity index (χ1n) is 8.66. The second kappa shape index (κ2) is 7.93. The first-order chi connectivity index (χ1) is 14.8. The van der Waals surface area contributed by atoms with E-state index in [0.717, 1.165) is 0 Å². The van der Waals surface area contributed by atoms with Gasteiger partial charge in [-0.3, -0.25) is 5.32 Å². The summed E-state index contributed by atoms with van der Waals surface area (Å²) in [5, 5.41) is 9.96. The van der Waals surface area contributed by atoms with Crippen LogP contribution < -0.4 is 10.1 Å². The van der Waals surface area contributed by atoms with Crippen LogP contribution in [0.5, 0.6) is 5.88 Å². The predicted octanol–water partition coefficient (Wildman–Crippen LogP) is 3.56. The maximum atomic E-state index is 12.7. The van der Waals surface area contributed by atoms with Crippen molar-refractivity contribution < 1.29 is 32.0 Å². The van der Waals surface area contributed by atoms with Gasteiger partial charge in [-0.2, -0.15) is 23.3 Å². The number of aromatic nitrogens is 5. The summed E-state index contributed by atoms with van der Waals surface area (Å²) in [5.41, 5.74) is 1.50. The summed E-state index contributed by atoms with van der Waals surface area (Å²) >= 11 is 0. The largest absolute Gasteiger partial charge is 0.481 e. The summed E-state index contributed by atoms with van der Waals surface area (Å²) in [6, 6.07) is 7.74. The summed E-state index contributed by atoms with van der Waals surface area (Å²) < 4.78 is 53.8. The fourth-order valence-electron chi connectivity index (χ4n) is 2.65. The minimum Gasteiger partial charge on any atom is -0.481 e. The van der Waals surface area contributed by atoms with Crippen molar-refractivity contribution in [1.82, 2.24) is 24.7 Å². The molecule has 4 aromatic rings. The van der Waals surface area contributed by atoms with Crippen molar-refractivity contribution in [1.29, 1.82) is 0 Å². The molecule has 0 unspecified atom stereocenters. The molecule has 0 bridgehead atoms. The topological polar surface area (TPSA) is 117 Å². The second-order valence-electron chi connectivity index (χ2n) is 6.09. The molecule has 0 aliphatic carbocycles. The average molecular weight is 434 g/mol. The smallest absolute Gasteiger partial charge is 0.471 e. The number of carbonyl (C=O) groups is 1. The highest BCUT2D eigenvalue weighted by molar-refractivity contribution is 5.91. The Hall–Kier alpha value is -4.16. The van der Waals surface area contributed by atoms with Crippen LogP contribution in [0.25, 0.3) is 17.0 Å². The number of nitrogens with one attached hydrogen (secondary N) is 1. The molecule has 0 aliphatic rings. The molecule has 0 aliphatic heterocycles. The molecule has 0 spiro atoms. The summed E-state index contributed by atoms with van der Waals surface area (Å²) in [6.45, 7) is -0.0282. The number of fused-ring (bicyclic) bond motifs is 1. The van der Waals surface area contributed by atoms with E-state index in [2.05, 4.69) is 30.1 Å². The number of methoxy groups -OCH3 is 1. The Kier molecular flexibility index (Phi) is 5.15. The van der Waals surface area contributed by atoms with Crippen molar-refractivity contribution in [2.24, 2.45) is 0 Å². The number of pyridine rings is 2. The number of hydrogen-bond donors (Lipinski definition) is 1. The van der Waals surface area contributed by atoms with Gasteiger partial charge in [-0.15, -0.1) is 0 Å². The van der Waals surface area contributed by atoms with E-state index in [1.165, 1.54) is 36.2 Å². The van der Waals surface area contributed by atoms with Gasteiger partial charge in [0.15, 0.2) is 0 Å². The molecule has 1 N–H and O–H groups in total. The van der Waals surface area contributed by atoms with Crippen molar-refractivity contribution in [3.63, 3.8) is 0 Å². The molecule has 0 atom stereocenters. The van der Waals surface area contributed by atoms with Crippen molar-refractivity contribution in [2.75, 3.05) is 12.4 Å². The third-order valence-corrected chi connectivity index (χ3v) is 4.07. The fourth-order valence-corrected chi connectivity index (χ4v) is 2.65. The quantitative estimate of drug-likeness (QED) is 0.507. The van der Waals surface area contributed by atoms with Gasteiger partial charge < -0.3 is 14.0 Å². The Morgan fingerprint density at radius 2 is 2.06 bits per heavy atom. The van der Waals surface area contributed by atoms with E-state index >= 15 is 0 Å². The summed E-state index contributed by atoms with van der Waals surface area (Å²) in [7, 11) is 1.49. The van der Waals surface area contributed by atoms with E-state index < -0.39 is 18.2 Å². The van der Waals surface area contributed by atoms with Crippen LogP contribution in [0.1, 0.15) is 11.5 Å². The zero-order valence-corrected chi connectivity index (χ0v) is 15.8. The van der Waals surface area contributed by atoms with E-state index in [-0.39, 0.29) is 18.1 Å². The normalized spacial score (nSPS) is 11.5. The number of ether oxygens (including phenoxy) is 2. The number of halogens is 3. The van der Waals surface area contributed by atoms with Gasteiger partial charge in [0.05, 0.1) is 24.5 Å². The van der Waals surface area contributed by atoms with Crippen LogP contribution in [0, 0.1) is 0 Å². The van der Waals surface area contributed by atoms with Gasteiger partial charge >= 0.3 is 18.2 Å². The van der Waals surface area contributed by atoms with E-state index in [1.807, 2.05) is 0 Å². The van der Waals surface area contributed by atoms with Crippen molar-refractivity contribution in [3.05, 3.63) is 54.2 Å². The molecule has 13 heteroatoms. The lowest BCUT2D eigenvalue weighted by Gasteiger charge is -2.10. The van der Waals surface area contributed by atoms with Crippen molar-refractivity contribution >= 4 is 17.3 Å². The van der Waals surface area contributed by atoms with Crippen LogP contribution in [-0.4, -0.2) is 37.9 Å². The monoisotopic (exact) mass is 434 g/mol. The molecule has 0 saturated heterocycles. The first kappa shape index (κ1) is 20.1. The van der Waals surface area contributed by atoms with Crippen molar-refractivity contribution in [2.45, 2.75) is 12.8 Å². The zero-order valence-electron chi connectivity index (χ0n) is 15.8. The summed E-state index contributed by atoms with van der Waals surface area (Å²) in [4.78, 5) is 19.5. The fraction of sp³-hybridized carbons (Fsp3) is 0.167.